The number of nitro groups is 1. The summed E-state index contributed by atoms with van der Waals surface area (Å²) in [5.41, 5.74) is 6.16. The molecule has 0 atom stereocenters. The van der Waals surface area contributed by atoms with Gasteiger partial charge >= 0.3 is 5.69 Å². The molecule has 0 bridgehead atoms. The molecule has 0 aliphatic heterocycles. The van der Waals surface area contributed by atoms with Gasteiger partial charge in [0.2, 0.25) is 5.95 Å². The lowest BCUT2D eigenvalue weighted by Crippen LogP contribution is -2.07. The Hall–Kier alpha value is -2.90. The Morgan fingerprint density at radius 2 is 2.14 bits per heavy atom. The van der Waals surface area contributed by atoms with E-state index in [1.165, 1.54) is 6.92 Å². The largest absolute Gasteiger partial charge is 0.497 e. The highest BCUT2D eigenvalue weighted by Crippen LogP contribution is 2.28. The average Bonchev–Trinajstić information content (AvgIpc) is 2.44. The monoisotopic (exact) mass is 290 g/mol. The molecular formula is C13H14N4O4. The van der Waals surface area contributed by atoms with E-state index in [0.717, 1.165) is 5.56 Å². The molecule has 110 valence electrons. The number of rotatable bonds is 5. The molecule has 21 heavy (non-hydrogen) atoms. The van der Waals surface area contributed by atoms with Crippen LogP contribution in [-0.2, 0) is 6.61 Å². The van der Waals surface area contributed by atoms with Gasteiger partial charge in [0, 0.05) is 0 Å². The highest BCUT2D eigenvalue weighted by atomic mass is 16.6. The van der Waals surface area contributed by atoms with E-state index in [4.69, 9.17) is 15.2 Å². The molecule has 1 aromatic heterocycles. The highest BCUT2D eigenvalue weighted by Gasteiger charge is 2.23. The number of nitrogens with two attached hydrogens (primary N) is 1. The fourth-order valence-corrected chi connectivity index (χ4v) is 1.79. The van der Waals surface area contributed by atoms with Crippen LogP contribution in [0.25, 0.3) is 0 Å². The summed E-state index contributed by atoms with van der Waals surface area (Å²) in [5.74, 6) is 0.454. The van der Waals surface area contributed by atoms with E-state index in [-0.39, 0.29) is 29.8 Å². The van der Waals surface area contributed by atoms with Crippen molar-refractivity contribution in [1.82, 2.24) is 9.97 Å². The van der Waals surface area contributed by atoms with Crippen LogP contribution < -0.4 is 15.2 Å². The molecule has 0 spiro atoms. The minimum absolute atomic E-state index is 0.0706. The predicted molar refractivity (Wildman–Crippen MR) is 75.2 cm³/mol. The first-order valence-electron chi connectivity index (χ1n) is 6.05. The van der Waals surface area contributed by atoms with Crippen molar-refractivity contribution in [3.8, 4) is 11.6 Å². The summed E-state index contributed by atoms with van der Waals surface area (Å²) >= 11 is 0. The van der Waals surface area contributed by atoms with Gasteiger partial charge in [-0.1, -0.05) is 12.1 Å². The number of aryl methyl sites for hydroxylation is 1. The maximum absolute atomic E-state index is 11.1. The number of nitrogen functional groups attached to an aromatic ring is 1. The molecule has 0 saturated carbocycles. The smallest absolute Gasteiger partial charge is 0.352 e. The zero-order valence-corrected chi connectivity index (χ0v) is 11.6. The van der Waals surface area contributed by atoms with Crippen LogP contribution >= 0.6 is 0 Å². The minimum Gasteiger partial charge on any atom is -0.497 e. The van der Waals surface area contributed by atoms with E-state index in [0.29, 0.717) is 5.75 Å². The van der Waals surface area contributed by atoms with Gasteiger partial charge in [0.25, 0.3) is 5.88 Å². The molecule has 0 aliphatic carbocycles. The average molecular weight is 290 g/mol. The Morgan fingerprint density at radius 1 is 1.38 bits per heavy atom. The third-order valence-electron chi connectivity index (χ3n) is 2.74. The number of aromatic nitrogens is 2. The Balaban J connectivity index is 2.25. The number of methoxy groups -OCH3 is 1. The second-order valence-corrected chi connectivity index (χ2v) is 4.22. The number of hydrogen-bond acceptors (Lipinski definition) is 7. The quantitative estimate of drug-likeness (QED) is 0.660. The van der Waals surface area contributed by atoms with Crippen LogP contribution in [-0.4, -0.2) is 22.0 Å². The van der Waals surface area contributed by atoms with Crippen LogP contribution in [0, 0.1) is 17.0 Å². The van der Waals surface area contributed by atoms with Gasteiger partial charge in [0.1, 0.15) is 18.1 Å². The third-order valence-corrected chi connectivity index (χ3v) is 2.74. The molecule has 2 N–H and O–H groups in total. The predicted octanol–water partition coefficient (Wildman–Crippen LogP) is 1.86. The van der Waals surface area contributed by atoms with Crippen molar-refractivity contribution in [2.24, 2.45) is 0 Å². The van der Waals surface area contributed by atoms with Crippen LogP contribution in [0.4, 0.5) is 11.6 Å². The maximum Gasteiger partial charge on any atom is 0.352 e. The summed E-state index contributed by atoms with van der Waals surface area (Å²) in [6.45, 7) is 1.59. The van der Waals surface area contributed by atoms with Crippen molar-refractivity contribution in [1.29, 1.82) is 0 Å². The van der Waals surface area contributed by atoms with Crippen molar-refractivity contribution in [3.05, 3.63) is 45.6 Å². The second-order valence-electron chi connectivity index (χ2n) is 4.22. The Morgan fingerprint density at radius 3 is 2.81 bits per heavy atom. The first-order valence-corrected chi connectivity index (χ1v) is 6.05. The standard InChI is InChI=1S/C13H14N4O4/c1-8-11(17(18)19)12(16-13(14)15-8)21-7-9-4-3-5-10(6-9)20-2/h3-6H,7H2,1-2H3,(H2,14,15,16). The molecule has 0 unspecified atom stereocenters. The normalized spacial score (nSPS) is 10.2. The number of benzene rings is 1. The zero-order valence-electron chi connectivity index (χ0n) is 11.6. The molecule has 2 rings (SSSR count). The van der Waals surface area contributed by atoms with Gasteiger partial charge in [-0.25, -0.2) is 4.98 Å². The van der Waals surface area contributed by atoms with Crippen LogP contribution in [0.3, 0.4) is 0 Å². The number of ether oxygens (including phenoxy) is 2. The molecule has 1 aromatic carbocycles. The highest BCUT2D eigenvalue weighted by molar-refractivity contribution is 5.47. The van der Waals surface area contributed by atoms with E-state index < -0.39 is 4.92 Å². The van der Waals surface area contributed by atoms with Crippen molar-refractivity contribution < 1.29 is 14.4 Å². The number of anilines is 1. The molecule has 0 aliphatic rings. The summed E-state index contributed by atoms with van der Waals surface area (Å²) in [4.78, 5) is 18.0. The van der Waals surface area contributed by atoms with Gasteiger partial charge in [-0.15, -0.1) is 0 Å². The van der Waals surface area contributed by atoms with Gasteiger partial charge in [0.05, 0.1) is 12.0 Å². The molecule has 0 fully saturated rings. The van der Waals surface area contributed by atoms with Gasteiger partial charge in [-0.05, 0) is 24.6 Å². The van der Waals surface area contributed by atoms with Gasteiger partial charge < -0.3 is 15.2 Å². The van der Waals surface area contributed by atoms with Crippen molar-refractivity contribution in [2.45, 2.75) is 13.5 Å². The lowest BCUT2D eigenvalue weighted by Gasteiger charge is -2.08. The zero-order chi connectivity index (χ0) is 15.4. The molecule has 0 amide bonds. The van der Waals surface area contributed by atoms with E-state index in [9.17, 15) is 10.1 Å². The lowest BCUT2D eigenvalue weighted by atomic mass is 10.2. The van der Waals surface area contributed by atoms with Crippen molar-refractivity contribution in [2.75, 3.05) is 12.8 Å². The van der Waals surface area contributed by atoms with Crippen LogP contribution in [0.5, 0.6) is 11.6 Å². The van der Waals surface area contributed by atoms with Gasteiger partial charge in [0.15, 0.2) is 0 Å². The second kappa shape index (κ2) is 6.04. The first-order chi connectivity index (χ1) is 10.0. The summed E-state index contributed by atoms with van der Waals surface area (Å²) < 4.78 is 10.5. The van der Waals surface area contributed by atoms with E-state index in [1.807, 2.05) is 6.07 Å². The minimum atomic E-state index is -0.588. The number of hydrogen-bond donors (Lipinski definition) is 1. The molecule has 8 nitrogen and oxygen atoms in total. The van der Waals surface area contributed by atoms with E-state index >= 15 is 0 Å². The molecule has 2 aromatic rings. The third kappa shape index (κ3) is 3.35. The van der Waals surface area contributed by atoms with E-state index in [1.54, 1.807) is 25.3 Å². The van der Waals surface area contributed by atoms with Crippen molar-refractivity contribution >= 4 is 11.6 Å². The fraction of sp³-hybridized carbons (Fsp3) is 0.231. The van der Waals surface area contributed by atoms with Crippen LogP contribution in [0.1, 0.15) is 11.3 Å². The molecule has 0 radical (unpaired) electrons. The van der Waals surface area contributed by atoms with Crippen molar-refractivity contribution in [3.63, 3.8) is 0 Å². The summed E-state index contributed by atoms with van der Waals surface area (Å²) in [7, 11) is 1.55. The number of nitrogens with zero attached hydrogens (tertiary/aromatic N) is 3. The molecule has 8 heteroatoms. The summed E-state index contributed by atoms with van der Waals surface area (Å²) in [6.07, 6.45) is 0. The maximum atomic E-state index is 11.1. The van der Waals surface area contributed by atoms with Crippen LogP contribution in [0.2, 0.25) is 0 Å². The SMILES string of the molecule is COc1cccc(COc2nc(N)nc(C)c2[N+](=O)[O-])c1. The summed E-state index contributed by atoms with van der Waals surface area (Å²) in [6, 6.07) is 7.17. The first kappa shape index (κ1) is 14.5. The Kier molecular flexibility index (Phi) is 4.17. The molecular weight excluding hydrogens is 276 g/mol. The Labute approximate surface area is 120 Å². The lowest BCUT2D eigenvalue weighted by molar-refractivity contribution is -0.387. The Bertz CT molecular complexity index is 675. The van der Waals surface area contributed by atoms with Crippen LogP contribution in [0.15, 0.2) is 24.3 Å². The molecule has 1 heterocycles. The fourth-order valence-electron chi connectivity index (χ4n) is 1.79. The topological polar surface area (TPSA) is 113 Å². The summed E-state index contributed by atoms with van der Waals surface area (Å²) in [5, 5.41) is 11.1. The molecule has 0 saturated heterocycles. The van der Waals surface area contributed by atoms with Gasteiger partial charge in [-0.2, -0.15) is 4.98 Å². The van der Waals surface area contributed by atoms with Gasteiger partial charge in [-0.3, -0.25) is 10.1 Å². The van der Waals surface area contributed by atoms with E-state index in [2.05, 4.69) is 9.97 Å².